The van der Waals surface area contributed by atoms with Crippen molar-refractivity contribution in [2.75, 3.05) is 5.75 Å². The van der Waals surface area contributed by atoms with Crippen LogP contribution >= 0.6 is 11.8 Å². The van der Waals surface area contributed by atoms with Crippen LogP contribution in [-0.2, 0) is 11.3 Å². The average Bonchev–Trinajstić information content (AvgIpc) is 2.93. The molecule has 2 aromatic carbocycles. The zero-order chi connectivity index (χ0) is 17.6. The number of carbonyl (C=O) groups excluding carboxylic acids is 2. The van der Waals surface area contributed by atoms with Gasteiger partial charge in [0.25, 0.3) is 0 Å². The summed E-state index contributed by atoms with van der Waals surface area (Å²) >= 11 is 1.22. The summed E-state index contributed by atoms with van der Waals surface area (Å²) in [5, 5.41) is 10.3. The zero-order valence-corrected chi connectivity index (χ0v) is 14.1. The number of carbonyl (C=O) groups is 2. The van der Waals surface area contributed by atoms with Crippen LogP contribution in [0.2, 0.25) is 0 Å². The molecule has 1 amide bonds. The maximum Gasteiger partial charge on any atom is 0.235 e. The molecule has 0 bridgehead atoms. The highest BCUT2D eigenvalue weighted by atomic mass is 32.2. The molecular weight excluding hydrogens is 336 g/mol. The van der Waals surface area contributed by atoms with Gasteiger partial charge in [0.2, 0.25) is 5.91 Å². The van der Waals surface area contributed by atoms with Crippen molar-refractivity contribution in [3.05, 3.63) is 65.4 Å². The fourth-order valence-corrected chi connectivity index (χ4v) is 4.45. The lowest BCUT2D eigenvalue weighted by Crippen LogP contribution is -2.27. The minimum atomic E-state index is -0.638. The number of Topliss-reactive ketones (excluding diaryl/α,β-unsaturated/α-hetero) is 1. The Kier molecular flexibility index (Phi) is 3.77. The first-order chi connectivity index (χ1) is 12.1. The number of thioether (sulfide) groups is 1. The van der Waals surface area contributed by atoms with Gasteiger partial charge >= 0.3 is 0 Å². The first kappa shape index (κ1) is 15.8. The Morgan fingerprint density at radius 3 is 2.68 bits per heavy atom. The van der Waals surface area contributed by atoms with Crippen LogP contribution in [0.4, 0.5) is 0 Å². The van der Waals surface area contributed by atoms with Crippen molar-refractivity contribution in [3.8, 4) is 5.75 Å². The molecule has 6 heteroatoms. The molecule has 4 rings (SSSR count). The molecule has 5 nitrogen and oxygen atoms in total. The van der Waals surface area contributed by atoms with Gasteiger partial charge < -0.3 is 15.4 Å². The molecule has 3 aromatic rings. The van der Waals surface area contributed by atoms with Crippen LogP contribution in [0.15, 0.2) is 48.5 Å². The normalized spacial score (nSPS) is 16.8. The number of benzene rings is 2. The minimum absolute atomic E-state index is 0.0518. The van der Waals surface area contributed by atoms with E-state index in [-0.39, 0.29) is 17.3 Å². The molecule has 1 atom stereocenters. The van der Waals surface area contributed by atoms with E-state index in [0.29, 0.717) is 23.2 Å². The van der Waals surface area contributed by atoms with Crippen molar-refractivity contribution >= 4 is 34.4 Å². The Morgan fingerprint density at radius 2 is 1.96 bits per heavy atom. The number of phenols is 1. The van der Waals surface area contributed by atoms with Gasteiger partial charge in [0.1, 0.15) is 11.0 Å². The summed E-state index contributed by atoms with van der Waals surface area (Å²) in [4.78, 5) is 24.6. The Labute approximate surface area is 148 Å². The van der Waals surface area contributed by atoms with Gasteiger partial charge in [-0.2, -0.15) is 0 Å². The highest BCUT2D eigenvalue weighted by molar-refractivity contribution is 8.01. The van der Waals surface area contributed by atoms with E-state index in [1.165, 1.54) is 11.8 Å². The minimum Gasteiger partial charge on any atom is -0.507 e. The quantitative estimate of drug-likeness (QED) is 0.759. The molecule has 0 saturated carbocycles. The molecule has 126 valence electrons. The molecule has 0 radical (unpaired) electrons. The van der Waals surface area contributed by atoms with E-state index in [1.54, 1.807) is 12.1 Å². The van der Waals surface area contributed by atoms with E-state index in [2.05, 4.69) is 0 Å². The SMILES string of the molecule is NC(=O)C1SCC(=O)c2c1c1c(O)cccc1n2Cc1ccccc1. The van der Waals surface area contributed by atoms with E-state index in [9.17, 15) is 14.7 Å². The van der Waals surface area contributed by atoms with Gasteiger partial charge in [-0.05, 0) is 17.7 Å². The third-order valence-corrected chi connectivity index (χ3v) is 5.69. The summed E-state index contributed by atoms with van der Waals surface area (Å²) in [5.41, 5.74) is 8.35. The zero-order valence-electron chi connectivity index (χ0n) is 13.3. The molecule has 0 spiro atoms. The topological polar surface area (TPSA) is 85.3 Å². The van der Waals surface area contributed by atoms with Gasteiger partial charge in [-0.3, -0.25) is 9.59 Å². The molecule has 0 aliphatic carbocycles. The average molecular weight is 352 g/mol. The first-order valence-corrected chi connectivity index (χ1v) is 8.95. The molecule has 1 aliphatic rings. The molecule has 0 saturated heterocycles. The number of fused-ring (bicyclic) bond motifs is 3. The number of primary amides is 1. The summed E-state index contributed by atoms with van der Waals surface area (Å²) in [6, 6.07) is 14.9. The van der Waals surface area contributed by atoms with Crippen molar-refractivity contribution < 1.29 is 14.7 Å². The summed E-state index contributed by atoms with van der Waals surface area (Å²) in [6.07, 6.45) is 0. The number of hydrogen-bond acceptors (Lipinski definition) is 4. The van der Waals surface area contributed by atoms with Crippen LogP contribution in [0.25, 0.3) is 10.9 Å². The van der Waals surface area contributed by atoms with Gasteiger partial charge in [0, 0.05) is 17.5 Å². The second kappa shape index (κ2) is 5.97. The van der Waals surface area contributed by atoms with Crippen LogP contribution in [0, 0.1) is 0 Å². The van der Waals surface area contributed by atoms with Crippen LogP contribution in [0.1, 0.15) is 26.9 Å². The lowest BCUT2D eigenvalue weighted by molar-refractivity contribution is -0.117. The Bertz CT molecular complexity index is 995. The Hall–Kier alpha value is -2.73. The predicted molar refractivity (Wildman–Crippen MR) is 97.9 cm³/mol. The smallest absolute Gasteiger partial charge is 0.235 e. The largest absolute Gasteiger partial charge is 0.507 e. The molecule has 2 heterocycles. The number of aromatic nitrogens is 1. The van der Waals surface area contributed by atoms with E-state index in [0.717, 1.165) is 11.1 Å². The van der Waals surface area contributed by atoms with Crippen LogP contribution < -0.4 is 5.73 Å². The molecule has 1 aliphatic heterocycles. The lowest BCUT2D eigenvalue weighted by Gasteiger charge is -2.21. The summed E-state index contributed by atoms with van der Waals surface area (Å²) < 4.78 is 1.89. The number of hydrogen-bond donors (Lipinski definition) is 2. The fourth-order valence-electron chi connectivity index (χ4n) is 3.43. The molecule has 0 fully saturated rings. The summed E-state index contributed by atoms with van der Waals surface area (Å²) in [7, 11) is 0. The van der Waals surface area contributed by atoms with Gasteiger partial charge in [-0.1, -0.05) is 36.4 Å². The number of phenolic OH excluding ortho intramolecular Hbond substituents is 1. The number of amides is 1. The second-order valence-electron chi connectivity index (χ2n) is 6.02. The monoisotopic (exact) mass is 352 g/mol. The van der Waals surface area contributed by atoms with Crippen molar-refractivity contribution in [2.24, 2.45) is 5.73 Å². The van der Waals surface area contributed by atoms with Crippen LogP contribution in [0.3, 0.4) is 0 Å². The summed E-state index contributed by atoms with van der Waals surface area (Å²) in [6.45, 7) is 0.484. The van der Waals surface area contributed by atoms with E-state index < -0.39 is 11.2 Å². The second-order valence-corrected chi connectivity index (χ2v) is 7.12. The van der Waals surface area contributed by atoms with E-state index in [1.807, 2.05) is 41.0 Å². The maximum atomic E-state index is 12.7. The van der Waals surface area contributed by atoms with Crippen molar-refractivity contribution in [2.45, 2.75) is 11.8 Å². The number of nitrogens with zero attached hydrogens (tertiary/aromatic N) is 1. The Morgan fingerprint density at radius 1 is 1.20 bits per heavy atom. The van der Waals surface area contributed by atoms with E-state index in [4.69, 9.17) is 5.73 Å². The molecule has 3 N–H and O–H groups in total. The molecular formula is C19H16N2O3S. The fraction of sp³-hybridized carbons (Fsp3) is 0.158. The first-order valence-electron chi connectivity index (χ1n) is 7.90. The Balaban J connectivity index is 2.03. The standard InChI is InChI=1S/C19H16N2O3S/c20-19(24)18-16-15-12(7-4-8-13(15)22)21(17(16)14(23)10-25-18)9-11-5-2-1-3-6-11/h1-8,18,22H,9-10H2,(H2,20,24). The molecule has 25 heavy (non-hydrogen) atoms. The summed E-state index contributed by atoms with van der Waals surface area (Å²) in [5.74, 6) is -0.293. The van der Waals surface area contributed by atoms with Gasteiger partial charge in [0.05, 0.1) is 17.0 Å². The van der Waals surface area contributed by atoms with Gasteiger partial charge in [0.15, 0.2) is 5.78 Å². The predicted octanol–water partition coefficient (Wildman–Crippen LogP) is 2.85. The third-order valence-electron chi connectivity index (χ3n) is 4.45. The molecule has 1 unspecified atom stereocenters. The number of nitrogens with two attached hydrogens (primary N) is 1. The maximum absolute atomic E-state index is 12.7. The molecule has 1 aromatic heterocycles. The highest BCUT2D eigenvalue weighted by Crippen LogP contribution is 2.45. The number of aromatic hydroxyl groups is 1. The van der Waals surface area contributed by atoms with Gasteiger partial charge in [-0.15, -0.1) is 11.8 Å². The van der Waals surface area contributed by atoms with Crippen molar-refractivity contribution in [3.63, 3.8) is 0 Å². The third kappa shape index (κ3) is 2.49. The van der Waals surface area contributed by atoms with Gasteiger partial charge in [-0.25, -0.2) is 0 Å². The van der Waals surface area contributed by atoms with Crippen LogP contribution in [0.5, 0.6) is 5.75 Å². The van der Waals surface area contributed by atoms with E-state index >= 15 is 0 Å². The van der Waals surface area contributed by atoms with Crippen molar-refractivity contribution in [1.29, 1.82) is 0 Å². The number of rotatable bonds is 3. The number of ketones is 1. The highest BCUT2D eigenvalue weighted by Gasteiger charge is 2.36. The van der Waals surface area contributed by atoms with Crippen LogP contribution in [-0.4, -0.2) is 27.1 Å². The lowest BCUT2D eigenvalue weighted by atomic mass is 10.0. The van der Waals surface area contributed by atoms with Crippen molar-refractivity contribution in [1.82, 2.24) is 4.57 Å².